The molecule has 0 atom stereocenters. The third-order valence-corrected chi connectivity index (χ3v) is 5.59. The molecule has 0 fully saturated rings. The van der Waals surface area contributed by atoms with Gasteiger partial charge in [0, 0.05) is 24.1 Å². The lowest BCUT2D eigenvalue weighted by molar-refractivity contribution is 0.459. The lowest BCUT2D eigenvalue weighted by Crippen LogP contribution is -2.12. The number of ether oxygens (including phenoxy) is 1. The molecule has 2 aromatic heterocycles. The molecule has 0 saturated carbocycles. The number of nitrogens with zero attached hydrogens (tertiary/aromatic N) is 5. The van der Waals surface area contributed by atoms with Crippen molar-refractivity contribution in [3.05, 3.63) is 84.7 Å². The second-order valence-corrected chi connectivity index (χ2v) is 8.13. The molecule has 4 rings (SSSR count). The fourth-order valence-electron chi connectivity index (χ4n) is 2.74. The molecule has 0 radical (unpaired) electrons. The van der Waals surface area contributed by atoms with Crippen molar-refractivity contribution in [2.45, 2.75) is 11.8 Å². The molecule has 4 aromatic rings. The zero-order valence-corrected chi connectivity index (χ0v) is 17.1. The molecule has 9 nitrogen and oxygen atoms in total. The number of nitrogens with one attached hydrogen (secondary N) is 1. The fraction of sp³-hybridized carbons (Fsp3) is 0.0476. The van der Waals surface area contributed by atoms with Crippen LogP contribution in [-0.2, 0) is 10.0 Å². The minimum atomic E-state index is -3.78. The standard InChI is InChI=1S/C21H16N6O3S/c1-15-24-20(27-11-10-23-14-27)12-21(25-15)30-18-6-4-17(5-7-18)26-31(28,29)19-8-2-16(13-22)3-9-19/h2-12,14,26H,1H3. The summed E-state index contributed by atoms with van der Waals surface area (Å²) in [5, 5.41) is 8.84. The number of anilines is 1. The van der Waals surface area contributed by atoms with Gasteiger partial charge in [-0.25, -0.2) is 18.4 Å². The Kier molecular flexibility index (Phi) is 5.34. The summed E-state index contributed by atoms with van der Waals surface area (Å²) in [6.45, 7) is 1.76. The van der Waals surface area contributed by atoms with Crippen LogP contribution >= 0.6 is 0 Å². The monoisotopic (exact) mass is 432 g/mol. The SMILES string of the molecule is Cc1nc(Oc2ccc(NS(=O)(=O)c3ccc(C#N)cc3)cc2)cc(-n2ccnc2)n1. The maximum absolute atomic E-state index is 12.5. The van der Waals surface area contributed by atoms with Crippen LogP contribution < -0.4 is 9.46 Å². The minimum Gasteiger partial charge on any atom is -0.439 e. The first-order valence-corrected chi connectivity index (χ1v) is 10.6. The Bertz CT molecular complexity index is 1340. The van der Waals surface area contributed by atoms with Gasteiger partial charge in [-0.1, -0.05) is 0 Å². The summed E-state index contributed by atoms with van der Waals surface area (Å²) in [5.74, 6) is 1.98. The quantitative estimate of drug-likeness (QED) is 0.495. The van der Waals surface area contributed by atoms with Gasteiger partial charge in [-0.15, -0.1) is 0 Å². The average Bonchev–Trinajstić information content (AvgIpc) is 3.30. The molecule has 1 N–H and O–H groups in total. The minimum absolute atomic E-state index is 0.0651. The van der Waals surface area contributed by atoms with Gasteiger partial charge in [0.1, 0.15) is 23.7 Å². The highest BCUT2D eigenvalue weighted by molar-refractivity contribution is 7.92. The van der Waals surface area contributed by atoms with Crippen molar-refractivity contribution in [3.8, 4) is 23.5 Å². The van der Waals surface area contributed by atoms with E-state index in [4.69, 9.17) is 10.00 Å². The normalized spacial score (nSPS) is 11.0. The van der Waals surface area contributed by atoms with Gasteiger partial charge in [0.25, 0.3) is 10.0 Å². The summed E-state index contributed by atoms with van der Waals surface area (Å²) in [7, 11) is -3.78. The van der Waals surface area contributed by atoms with Crippen molar-refractivity contribution in [2.75, 3.05) is 4.72 Å². The van der Waals surface area contributed by atoms with Crippen molar-refractivity contribution in [1.29, 1.82) is 5.26 Å². The molecular weight excluding hydrogens is 416 g/mol. The van der Waals surface area contributed by atoms with E-state index in [-0.39, 0.29) is 4.90 Å². The second kappa shape index (κ2) is 8.25. The van der Waals surface area contributed by atoms with E-state index in [1.807, 2.05) is 6.07 Å². The number of nitriles is 1. The largest absolute Gasteiger partial charge is 0.439 e. The van der Waals surface area contributed by atoms with E-state index >= 15 is 0 Å². The molecular formula is C21H16N6O3S. The molecule has 2 heterocycles. The van der Waals surface area contributed by atoms with Gasteiger partial charge in [-0.2, -0.15) is 10.2 Å². The molecule has 2 aromatic carbocycles. The first kappa shape index (κ1) is 20.1. The molecule has 31 heavy (non-hydrogen) atoms. The zero-order chi connectivity index (χ0) is 21.8. The first-order valence-electron chi connectivity index (χ1n) is 9.08. The van der Waals surface area contributed by atoms with E-state index in [2.05, 4.69) is 19.7 Å². The Morgan fingerprint density at radius 1 is 1.06 bits per heavy atom. The predicted molar refractivity (Wildman–Crippen MR) is 112 cm³/mol. The van der Waals surface area contributed by atoms with Gasteiger partial charge >= 0.3 is 0 Å². The number of hydrogen-bond donors (Lipinski definition) is 1. The summed E-state index contributed by atoms with van der Waals surface area (Å²) >= 11 is 0. The van der Waals surface area contributed by atoms with Crippen molar-refractivity contribution >= 4 is 15.7 Å². The van der Waals surface area contributed by atoms with Crippen LogP contribution in [0.15, 0.2) is 78.2 Å². The van der Waals surface area contributed by atoms with Gasteiger partial charge in [0.05, 0.1) is 16.5 Å². The summed E-state index contributed by atoms with van der Waals surface area (Å²) in [6, 6.07) is 15.7. The third-order valence-electron chi connectivity index (χ3n) is 4.19. The van der Waals surface area contributed by atoms with Crippen LogP contribution in [-0.4, -0.2) is 27.9 Å². The molecule has 0 aliphatic carbocycles. The van der Waals surface area contributed by atoms with E-state index in [0.29, 0.717) is 34.5 Å². The Balaban J connectivity index is 1.49. The van der Waals surface area contributed by atoms with E-state index < -0.39 is 10.0 Å². The summed E-state index contributed by atoms with van der Waals surface area (Å²) in [5.41, 5.74) is 0.756. The highest BCUT2D eigenvalue weighted by Gasteiger charge is 2.14. The zero-order valence-electron chi connectivity index (χ0n) is 16.3. The number of benzene rings is 2. The molecule has 0 aliphatic rings. The second-order valence-electron chi connectivity index (χ2n) is 6.45. The number of aromatic nitrogens is 4. The van der Waals surface area contributed by atoms with E-state index in [0.717, 1.165) is 0 Å². The smallest absolute Gasteiger partial charge is 0.261 e. The highest BCUT2D eigenvalue weighted by atomic mass is 32.2. The number of rotatable bonds is 6. The lowest BCUT2D eigenvalue weighted by Gasteiger charge is -2.10. The summed E-state index contributed by atoms with van der Waals surface area (Å²) in [4.78, 5) is 12.7. The van der Waals surface area contributed by atoms with Crippen LogP contribution in [0.5, 0.6) is 11.6 Å². The van der Waals surface area contributed by atoms with Crippen molar-refractivity contribution < 1.29 is 13.2 Å². The Morgan fingerprint density at radius 2 is 1.81 bits per heavy atom. The average molecular weight is 432 g/mol. The van der Waals surface area contributed by atoms with E-state index in [1.54, 1.807) is 60.5 Å². The third kappa shape index (κ3) is 4.68. The van der Waals surface area contributed by atoms with Crippen LogP contribution in [0.1, 0.15) is 11.4 Å². The van der Waals surface area contributed by atoms with E-state index in [9.17, 15) is 8.42 Å². The Hall–Kier alpha value is -4.23. The highest BCUT2D eigenvalue weighted by Crippen LogP contribution is 2.24. The number of hydrogen-bond acceptors (Lipinski definition) is 7. The lowest BCUT2D eigenvalue weighted by atomic mass is 10.2. The van der Waals surface area contributed by atoms with Crippen LogP contribution in [0.2, 0.25) is 0 Å². The van der Waals surface area contributed by atoms with Crippen molar-refractivity contribution in [3.63, 3.8) is 0 Å². The van der Waals surface area contributed by atoms with Crippen LogP contribution in [0.3, 0.4) is 0 Å². The molecule has 154 valence electrons. The maximum Gasteiger partial charge on any atom is 0.261 e. The number of imidazole rings is 1. The summed E-state index contributed by atoms with van der Waals surface area (Å²) < 4.78 is 35.1. The maximum atomic E-state index is 12.5. The predicted octanol–water partition coefficient (Wildman–Crippen LogP) is 3.44. The van der Waals surface area contributed by atoms with E-state index in [1.165, 1.54) is 24.3 Å². The van der Waals surface area contributed by atoms with Crippen LogP contribution in [0.4, 0.5) is 5.69 Å². The Labute approximate surface area is 178 Å². The fourth-order valence-corrected chi connectivity index (χ4v) is 3.80. The molecule has 10 heteroatoms. The Morgan fingerprint density at radius 3 is 2.45 bits per heavy atom. The van der Waals surface area contributed by atoms with Gasteiger partial charge in [0.2, 0.25) is 5.88 Å². The number of aryl methyl sites for hydroxylation is 1. The van der Waals surface area contributed by atoms with Gasteiger partial charge < -0.3 is 4.74 Å². The van der Waals surface area contributed by atoms with Gasteiger partial charge in [-0.05, 0) is 55.5 Å². The molecule has 0 bridgehead atoms. The molecule has 0 spiro atoms. The number of sulfonamides is 1. The molecule has 0 amide bonds. The van der Waals surface area contributed by atoms with Crippen LogP contribution in [0.25, 0.3) is 5.82 Å². The van der Waals surface area contributed by atoms with Crippen molar-refractivity contribution in [1.82, 2.24) is 19.5 Å². The van der Waals surface area contributed by atoms with Crippen molar-refractivity contribution in [2.24, 2.45) is 0 Å². The molecule has 0 unspecified atom stereocenters. The van der Waals surface area contributed by atoms with Gasteiger partial charge in [0.15, 0.2) is 0 Å². The first-order chi connectivity index (χ1) is 14.9. The van der Waals surface area contributed by atoms with Crippen LogP contribution in [0, 0.1) is 18.3 Å². The summed E-state index contributed by atoms with van der Waals surface area (Å²) in [6.07, 6.45) is 5.04. The molecule has 0 aliphatic heterocycles. The van der Waals surface area contributed by atoms with Gasteiger partial charge in [-0.3, -0.25) is 9.29 Å². The topological polar surface area (TPSA) is 123 Å². The molecule has 0 saturated heterocycles.